The van der Waals surface area contributed by atoms with E-state index >= 15 is 0 Å². The number of likely N-dealkylation sites (N-methyl/N-ethyl adjacent to an activating group) is 2. The van der Waals surface area contributed by atoms with E-state index in [9.17, 15) is 0 Å². The summed E-state index contributed by atoms with van der Waals surface area (Å²) in [7, 11) is 2.07. The summed E-state index contributed by atoms with van der Waals surface area (Å²) in [4.78, 5) is 5.15. The normalized spacial score (nSPS) is 20.8. The molecule has 1 aliphatic rings. The molecule has 1 N–H and O–H groups in total. The molecule has 0 aliphatic carbocycles. The minimum Gasteiger partial charge on any atom is -0.312 e. The van der Waals surface area contributed by atoms with E-state index in [1.165, 1.54) is 43.9 Å². The highest BCUT2D eigenvalue weighted by molar-refractivity contribution is 5.25. The van der Waals surface area contributed by atoms with Crippen LogP contribution in [-0.4, -0.2) is 55.6 Å². The first-order valence-corrected chi connectivity index (χ1v) is 7.86. The van der Waals surface area contributed by atoms with Crippen LogP contribution in [0, 0.1) is 6.92 Å². The molecule has 2 atom stereocenters. The van der Waals surface area contributed by atoms with Gasteiger partial charge in [0.1, 0.15) is 0 Å². The predicted molar refractivity (Wildman–Crippen MR) is 86.1 cm³/mol. The lowest BCUT2D eigenvalue weighted by Crippen LogP contribution is -2.52. The van der Waals surface area contributed by atoms with Gasteiger partial charge in [-0.05, 0) is 33.0 Å². The highest BCUT2D eigenvalue weighted by atomic mass is 15.3. The quantitative estimate of drug-likeness (QED) is 0.889. The van der Waals surface area contributed by atoms with Gasteiger partial charge in [-0.25, -0.2) is 0 Å². The first-order valence-electron chi connectivity index (χ1n) is 7.86. The van der Waals surface area contributed by atoms with E-state index in [0.29, 0.717) is 12.1 Å². The second-order valence-corrected chi connectivity index (χ2v) is 5.89. The average molecular weight is 275 g/mol. The lowest BCUT2D eigenvalue weighted by atomic mass is 9.98. The van der Waals surface area contributed by atoms with Crippen LogP contribution < -0.4 is 5.32 Å². The Morgan fingerprint density at radius 1 is 1.10 bits per heavy atom. The van der Waals surface area contributed by atoms with Crippen LogP contribution in [0.25, 0.3) is 0 Å². The van der Waals surface area contributed by atoms with Gasteiger partial charge in [0.15, 0.2) is 0 Å². The molecule has 0 aromatic heterocycles. The zero-order valence-electron chi connectivity index (χ0n) is 13.4. The third-order valence-electron chi connectivity index (χ3n) is 4.66. The van der Waals surface area contributed by atoms with Crippen molar-refractivity contribution in [3.63, 3.8) is 0 Å². The van der Waals surface area contributed by atoms with Crippen molar-refractivity contribution < 1.29 is 0 Å². The third-order valence-corrected chi connectivity index (χ3v) is 4.66. The molecule has 0 bridgehead atoms. The first kappa shape index (κ1) is 15.5. The summed E-state index contributed by atoms with van der Waals surface area (Å²) in [5, 5.41) is 3.50. The van der Waals surface area contributed by atoms with Crippen LogP contribution in [0.2, 0.25) is 0 Å². The molecule has 3 heteroatoms. The molecular formula is C17H29N3. The summed E-state index contributed by atoms with van der Waals surface area (Å²) >= 11 is 0. The van der Waals surface area contributed by atoms with Crippen LogP contribution >= 0.6 is 0 Å². The van der Waals surface area contributed by atoms with Crippen molar-refractivity contribution in [1.82, 2.24) is 15.1 Å². The van der Waals surface area contributed by atoms with Crippen molar-refractivity contribution in [2.75, 3.05) is 39.8 Å². The summed E-state index contributed by atoms with van der Waals surface area (Å²) in [5.74, 6) is 0. The number of piperazine rings is 1. The molecule has 1 fully saturated rings. The Hall–Kier alpha value is -0.900. The summed E-state index contributed by atoms with van der Waals surface area (Å²) in [6.45, 7) is 12.7. The van der Waals surface area contributed by atoms with Crippen LogP contribution in [0.5, 0.6) is 0 Å². The zero-order chi connectivity index (χ0) is 14.5. The van der Waals surface area contributed by atoms with Crippen LogP contribution in [0.15, 0.2) is 24.3 Å². The summed E-state index contributed by atoms with van der Waals surface area (Å²) < 4.78 is 0. The van der Waals surface area contributed by atoms with Gasteiger partial charge in [-0.3, -0.25) is 4.90 Å². The molecule has 0 spiro atoms. The first-order chi connectivity index (χ1) is 9.65. The van der Waals surface area contributed by atoms with Crippen molar-refractivity contribution in [1.29, 1.82) is 0 Å². The van der Waals surface area contributed by atoms with Gasteiger partial charge in [0.05, 0.1) is 0 Å². The Kier molecular flexibility index (Phi) is 5.58. The van der Waals surface area contributed by atoms with Crippen LogP contribution in [0.3, 0.4) is 0 Å². The molecular weight excluding hydrogens is 246 g/mol. The lowest BCUT2D eigenvalue weighted by molar-refractivity contribution is 0.0898. The van der Waals surface area contributed by atoms with E-state index in [2.05, 4.69) is 67.2 Å². The fourth-order valence-corrected chi connectivity index (χ4v) is 3.16. The van der Waals surface area contributed by atoms with Crippen molar-refractivity contribution in [2.24, 2.45) is 0 Å². The number of rotatable bonds is 5. The van der Waals surface area contributed by atoms with Gasteiger partial charge in [-0.1, -0.05) is 36.8 Å². The molecule has 1 heterocycles. The van der Waals surface area contributed by atoms with Gasteiger partial charge >= 0.3 is 0 Å². The number of benzene rings is 1. The van der Waals surface area contributed by atoms with Crippen molar-refractivity contribution in [3.8, 4) is 0 Å². The molecule has 2 rings (SSSR count). The lowest BCUT2D eigenvalue weighted by Gasteiger charge is -2.40. The molecule has 0 amide bonds. The molecule has 0 saturated carbocycles. The van der Waals surface area contributed by atoms with E-state index in [4.69, 9.17) is 0 Å². The molecule has 1 aliphatic heterocycles. The van der Waals surface area contributed by atoms with Crippen LogP contribution in [0.4, 0.5) is 0 Å². The Morgan fingerprint density at radius 3 is 2.20 bits per heavy atom. The van der Waals surface area contributed by atoms with E-state index in [0.717, 1.165) is 0 Å². The summed E-state index contributed by atoms with van der Waals surface area (Å²) in [6.07, 6.45) is 0. The summed E-state index contributed by atoms with van der Waals surface area (Å²) in [6, 6.07) is 9.87. The number of hydrogen-bond acceptors (Lipinski definition) is 3. The Labute approximate surface area is 124 Å². The Morgan fingerprint density at radius 2 is 1.70 bits per heavy atom. The van der Waals surface area contributed by atoms with Crippen molar-refractivity contribution in [2.45, 2.75) is 32.9 Å². The number of hydrogen-bond donors (Lipinski definition) is 1. The van der Waals surface area contributed by atoms with E-state index in [1.807, 2.05) is 0 Å². The standard InChI is InChI=1S/C17H29N3/c1-5-19-10-12-20(13-11-19)15(3)17(18-4)16-8-6-14(2)7-9-16/h6-9,15,17-18H,5,10-13H2,1-4H3. The molecule has 112 valence electrons. The molecule has 2 unspecified atom stereocenters. The fraction of sp³-hybridized carbons (Fsp3) is 0.647. The highest BCUT2D eigenvalue weighted by Gasteiger charge is 2.26. The van der Waals surface area contributed by atoms with Gasteiger partial charge in [-0.15, -0.1) is 0 Å². The fourth-order valence-electron chi connectivity index (χ4n) is 3.16. The number of nitrogens with zero attached hydrogens (tertiary/aromatic N) is 2. The maximum atomic E-state index is 3.50. The van der Waals surface area contributed by atoms with E-state index < -0.39 is 0 Å². The van der Waals surface area contributed by atoms with Crippen molar-refractivity contribution in [3.05, 3.63) is 35.4 Å². The second kappa shape index (κ2) is 7.21. The Balaban J connectivity index is 2.02. The molecule has 20 heavy (non-hydrogen) atoms. The largest absolute Gasteiger partial charge is 0.312 e. The third kappa shape index (κ3) is 3.60. The predicted octanol–water partition coefficient (Wildman–Crippen LogP) is 2.28. The molecule has 1 aromatic carbocycles. The van der Waals surface area contributed by atoms with Crippen molar-refractivity contribution >= 4 is 0 Å². The maximum Gasteiger partial charge on any atom is 0.0473 e. The van der Waals surface area contributed by atoms with Crippen LogP contribution in [0.1, 0.15) is 31.0 Å². The van der Waals surface area contributed by atoms with Gasteiger partial charge in [-0.2, -0.15) is 0 Å². The maximum absolute atomic E-state index is 3.50. The van der Waals surface area contributed by atoms with Gasteiger partial charge in [0.25, 0.3) is 0 Å². The SMILES string of the molecule is CCN1CCN(C(C)C(NC)c2ccc(C)cc2)CC1. The number of aryl methyl sites for hydroxylation is 1. The van der Waals surface area contributed by atoms with E-state index in [-0.39, 0.29) is 0 Å². The topological polar surface area (TPSA) is 18.5 Å². The minimum absolute atomic E-state index is 0.406. The van der Waals surface area contributed by atoms with Gasteiger partial charge < -0.3 is 10.2 Å². The zero-order valence-corrected chi connectivity index (χ0v) is 13.4. The molecule has 1 saturated heterocycles. The number of nitrogens with one attached hydrogen (secondary N) is 1. The smallest absolute Gasteiger partial charge is 0.0473 e. The summed E-state index contributed by atoms with van der Waals surface area (Å²) in [5.41, 5.74) is 2.72. The van der Waals surface area contributed by atoms with E-state index in [1.54, 1.807) is 0 Å². The Bertz CT molecular complexity index is 393. The highest BCUT2D eigenvalue weighted by Crippen LogP contribution is 2.22. The monoisotopic (exact) mass is 275 g/mol. The molecule has 1 aromatic rings. The molecule has 0 radical (unpaired) electrons. The molecule has 3 nitrogen and oxygen atoms in total. The minimum atomic E-state index is 0.406. The van der Waals surface area contributed by atoms with Crippen LogP contribution in [-0.2, 0) is 0 Å². The second-order valence-electron chi connectivity index (χ2n) is 5.89. The average Bonchev–Trinajstić information content (AvgIpc) is 2.50. The van der Waals surface area contributed by atoms with Gasteiger partial charge in [0, 0.05) is 38.3 Å². The van der Waals surface area contributed by atoms with Gasteiger partial charge in [0.2, 0.25) is 0 Å².